The molecule has 0 aromatic heterocycles. The Labute approximate surface area is 177 Å². The van der Waals surface area contributed by atoms with Crippen LogP contribution in [0.4, 0.5) is 0 Å². The van der Waals surface area contributed by atoms with Crippen molar-refractivity contribution in [2.24, 2.45) is 0 Å². The molecule has 0 bridgehead atoms. The molecule has 0 fully saturated rings. The highest BCUT2D eigenvalue weighted by atomic mass is 28.3. The third-order valence-corrected chi connectivity index (χ3v) is 14.5. The van der Waals surface area contributed by atoms with Crippen molar-refractivity contribution in [2.45, 2.75) is 77.1 Å². The predicted octanol–water partition coefficient (Wildman–Crippen LogP) is 7.19. The first kappa shape index (κ1) is 22.0. The van der Waals surface area contributed by atoms with E-state index in [1.807, 2.05) is 0 Å². The Hall–Kier alpha value is -1.71. The summed E-state index contributed by atoms with van der Waals surface area (Å²) in [4.78, 5) is 13.7. The van der Waals surface area contributed by atoms with Crippen LogP contribution in [-0.4, -0.2) is 26.6 Å². The van der Waals surface area contributed by atoms with Gasteiger partial charge in [-0.15, -0.1) is 0 Å². The van der Waals surface area contributed by atoms with Crippen LogP contribution in [0.5, 0.6) is 0 Å². The highest BCUT2D eigenvalue weighted by molar-refractivity contribution is 6.94. The Morgan fingerprint density at radius 2 is 1.45 bits per heavy atom. The van der Waals surface area contributed by atoms with Crippen LogP contribution in [0, 0.1) is 0 Å². The van der Waals surface area contributed by atoms with Gasteiger partial charge in [0.05, 0.1) is 13.7 Å². The zero-order valence-electron chi connectivity index (χ0n) is 19.3. The van der Waals surface area contributed by atoms with Gasteiger partial charge >= 0.3 is 0 Å². The van der Waals surface area contributed by atoms with Crippen LogP contribution < -0.4 is 0 Å². The lowest BCUT2D eigenvalue weighted by Gasteiger charge is -2.45. The first-order valence-electron chi connectivity index (χ1n) is 10.9. The maximum absolute atomic E-state index is 13.7. The average Bonchev–Trinajstić information content (AvgIpc) is 2.92. The summed E-state index contributed by atoms with van der Waals surface area (Å²) in [5.41, 5.74) is 3.19. The van der Waals surface area contributed by atoms with Crippen LogP contribution in [0.1, 0.15) is 60.5 Å². The number of carbonyl (C=O) groups is 1. The monoisotopic (exact) mass is 408 g/mol. The van der Waals surface area contributed by atoms with E-state index >= 15 is 0 Å². The van der Waals surface area contributed by atoms with E-state index < -0.39 is 13.7 Å². The summed E-state index contributed by atoms with van der Waals surface area (Å²) in [6.45, 7) is 16.1. The molecule has 0 heterocycles. The van der Waals surface area contributed by atoms with Gasteiger partial charge in [-0.1, -0.05) is 84.0 Å². The lowest BCUT2D eigenvalue weighted by Crippen LogP contribution is -2.48. The Kier molecular flexibility index (Phi) is 5.95. The number of hydrogen-bond acceptors (Lipinski definition) is 2. The fourth-order valence-electron chi connectivity index (χ4n) is 6.25. The van der Waals surface area contributed by atoms with E-state index in [9.17, 15) is 4.79 Å². The molecule has 0 saturated carbocycles. The summed E-state index contributed by atoms with van der Waals surface area (Å²) in [6, 6.07) is 14.9. The molecule has 0 N–H and O–H groups in total. The molecule has 0 spiro atoms. The molecule has 156 valence electrons. The van der Waals surface area contributed by atoms with Crippen LogP contribution in [0.15, 0.2) is 47.7 Å². The zero-order valence-corrected chi connectivity index (χ0v) is 20.3. The molecule has 1 atom stereocenters. The SMILES string of the molecule is COC1(C)CC(=O)C([Si](C(C)C)(C(C)C)C(C)C)=C1c1cccc2ccccc12. The minimum Gasteiger partial charge on any atom is -0.373 e. The van der Waals surface area contributed by atoms with Gasteiger partial charge < -0.3 is 4.74 Å². The lowest BCUT2D eigenvalue weighted by molar-refractivity contribution is -0.117. The van der Waals surface area contributed by atoms with E-state index in [1.54, 1.807) is 7.11 Å². The molecular weight excluding hydrogens is 372 g/mol. The van der Waals surface area contributed by atoms with Crippen molar-refractivity contribution >= 4 is 30.2 Å². The summed E-state index contributed by atoms with van der Waals surface area (Å²) in [6.07, 6.45) is 0.443. The third kappa shape index (κ3) is 3.23. The van der Waals surface area contributed by atoms with E-state index in [-0.39, 0.29) is 0 Å². The fraction of sp³-hybridized carbons (Fsp3) is 0.500. The highest BCUT2D eigenvalue weighted by Gasteiger charge is 2.55. The fourth-order valence-corrected chi connectivity index (χ4v) is 13.4. The quantitative estimate of drug-likeness (QED) is 0.473. The Balaban J connectivity index is 2.50. The van der Waals surface area contributed by atoms with Crippen LogP contribution in [0.2, 0.25) is 16.6 Å². The number of Topliss-reactive ketones (excluding diaryl/α,β-unsaturated/α-hetero) is 1. The molecule has 1 aliphatic rings. The van der Waals surface area contributed by atoms with Gasteiger partial charge in [-0.25, -0.2) is 0 Å². The molecule has 2 nitrogen and oxygen atoms in total. The first-order valence-corrected chi connectivity index (χ1v) is 13.2. The van der Waals surface area contributed by atoms with Crippen LogP contribution in [-0.2, 0) is 9.53 Å². The molecule has 1 unspecified atom stereocenters. The van der Waals surface area contributed by atoms with Crippen molar-refractivity contribution in [3.8, 4) is 0 Å². The van der Waals surface area contributed by atoms with Gasteiger partial charge in [0.2, 0.25) is 0 Å². The molecule has 2 aromatic rings. The lowest BCUT2D eigenvalue weighted by atomic mass is 9.89. The highest BCUT2D eigenvalue weighted by Crippen LogP contribution is 2.55. The second kappa shape index (κ2) is 7.85. The second-order valence-electron chi connectivity index (χ2n) is 9.71. The molecule has 3 heteroatoms. The van der Waals surface area contributed by atoms with E-state index in [4.69, 9.17) is 4.74 Å². The molecule has 0 amide bonds. The summed E-state index contributed by atoms with van der Waals surface area (Å²) in [5.74, 6) is 0.306. The summed E-state index contributed by atoms with van der Waals surface area (Å²) < 4.78 is 6.09. The van der Waals surface area contributed by atoms with Crippen molar-refractivity contribution in [1.82, 2.24) is 0 Å². The smallest absolute Gasteiger partial charge is 0.158 e. The molecule has 0 saturated heterocycles. The number of ketones is 1. The maximum atomic E-state index is 13.7. The summed E-state index contributed by atoms with van der Waals surface area (Å²) >= 11 is 0. The van der Waals surface area contributed by atoms with E-state index in [2.05, 4.69) is 90.9 Å². The van der Waals surface area contributed by atoms with Crippen molar-refractivity contribution in [3.05, 3.63) is 53.2 Å². The number of fused-ring (bicyclic) bond motifs is 1. The number of hydrogen-bond donors (Lipinski definition) is 0. The summed E-state index contributed by atoms with van der Waals surface area (Å²) in [7, 11) is -0.391. The maximum Gasteiger partial charge on any atom is 0.158 e. The third-order valence-electron chi connectivity index (χ3n) is 7.36. The number of methoxy groups -OCH3 is 1. The van der Waals surface area contributed by atoms with Crippen LogP contribution in [0.25, 0.3) is 16.3 Å². The molecule has 3 rings (SSSR count). The normalized spacial score (nSPS) is 20.7. The van der Waals surface area contributed by atoms with Gasteiger partial charge in [-0.3, -0.25) is 4.79 Å². The first-order chi connectivity index (χ1) is 13.6. The van der Waals surface area contributed by atoms with Gasteiger partial charge in [0, 0.05) is 13.5 Å². The van der Waals surface area contributed by atoms with Gasteiger partial charge in [-0.2, -0.15) is 0 Å². The number of carbonyl (C=O) groups excluding carboxylic acids is 1. The average molecular weight is 409 g/mol. The topological polar surface area (TPSA) is 26.3 Å². The number of rotatable bonds is 6. The van der Waals surface area contributed by atoms with E-state index in [0.717, 1.165) is 10.8 Å². The van der Waals surface area contributed by atoms with Gasteiger partial charge in [0.1, 0.15) is 0 Å². The molecular formula is C26H36O2Si. The summed E-state index contributed by atoms with van der Waals surface area (Å²) in [5, 5.41) is 3.55. The van der Waals surface area contributed by atoms with Crippen LogP contribution in [0.3, 0.4) is 0 Å². The minimum absolute atomic E-state index is 0.306. The zero-order chi connectivity index (χ0) is 21.6. The molecule has 2 aromatic carbocycles. The van der Waals surface area contributed by atoms with Crippen molar-refractivity contribution in [1.29, 1.82) is 0 Å². The predicted molar refractivity (Wildman–Crippen MR) is 127 cm³/mol. The van der Waals surface area contributed by atoms with E-state index in [1.165, 1.54) is 16.3 Å². The second-order valence-corrected chi connectivity index (χ2v) is 15.5. The Morgan fingerprint density at radius 1 is 0.897 bits per heavy atom. The van der Waals surface area contributed by atoms with Crippen molar-refractivity contribution in [2.75, 3.05) is 7.11 Å². The number of ether oxygens (including phenoxy) is 1. The Bertz CT molecular complexity index is 927. The van der Waals surface area contributed by atoms with Crippen LogP contribution >= 0.6 is 0 Å². The number of allylic oxidation sites excluding steroid dienone is 1. The molecule has 0 aliphatic heterocycles. The van der Waals surface area contributed by atoms with Gasteiger partial charge in [-0.05, 0) is 50.7 Å². The van der Waals surface area contributed by atoms with Crippen molar-refractivity contribution < 1.29 is 9.53 Å². The molecule has 1 aliphatic carbocycles. The number of benzene rings is 2. The largest absolute Gasteiger partial charge is 0.373 e. The minimum atomic E-state index is -2.15. The van der Waals surface area contributed by atoms with Crippen molar-refractivity contribution in [3.63, 3.8) is 0 Å². The van der Waals surface area contributed by atoms with E-state index in [0.29, 0.717) is 28.8 Å². The van der Waals surface area contributed by atoms with Gasteiger partial charge in [0.15, 0.2) is 5.78 Å². The molecule has 29 heavy (non-hydrogen) atoms. The standard InChI is InChI=1S/C26H36O2Si/c1-17(2)29(18(3)4,19(5)6)25-23(27)16-26(7,28-8)24(25)22-15-11-13-20-12-9-10-14-21(20)22/h9-15,17-19H,16H2,1-8H3. The Morgan fingerprint density at radius 3 is 2.00 bits per heavy atom. The molecule has 0 radical (unpaired) electrons. The van der Waals surface area contributed by atoms with Gasteiger partial charge in [0.25, 0.3) is 0 Å².